The van der Waals surface area contributed by atoms with Crippen LogP contribution >= 0.6 is 11.6 Å². The number of hydrogen-bond donors (Lipinski definition) is 1. The summed E-state index contributed by atoms with van der Waals surface area (Å²) in [6.45, 7) is 3.67. The maximum atomic E-state index is 13.1. The second kappa shape index (κ2) is 6.88. The lowest BCUT2D eigenvalue weighted by molar-refractivity contribution is -0.139. The van der Waals surface area contributed by atoms with E-state index in [9.17, 15) is 13.2 Å². The molecule has 2 nitrogen and oxygen atoms in total. The van der Waals surface area contributed by atoms with Crippen LogP contribution < -0.4 is 10.1 Å². The van der Waals surface area contributed by atoms with E-state index in [0.717, 1.165) is 32.4 Å². The van der Waals surface area contributed by atoms with Gasteiger partial charge < -0.3 is 10.1 Å². The Balaban J connectivity index is 2.26. The van der Waals surface area contributed by atoms with Crippen LogP contribution in [0.25, 0.3) is 0 Å². The first-order chi connectivity index (χ1) is 9.93. The van der Waals surface area contributed by atoms with Gasteiger partial charge in [0.15, 0.2) is 0 Å². The largest absolute Gasteiger partial charge is 0.489 e. The average Bonchev–Trinajstić information content (AvgIpc) is 2.90. The maximum Gasteiger partial charge on any atom is 0.421 e. The molecule has 1 aliphatic rings. The third kappa shape index (κ3) is 4.04. The third-order valence-corrected chi connectivity index (χ3v) is 4.05. The topological polar surface area (TPSA) is 21.3 Å². The van der Waals surface area contributed by atoms with Crippen LogP contribution in [0.3, 0.4) is 0 Å². The first-order valence-corrected chi connectivity index (χ1v) is 7.54. The summed E-state index contributed by atoms with van der Waals surface area (Å²) in [6.07, 6.45) is -2.21. The monoisotopic (exact) mass is 321 g/mol. The van der Waals surface area contributed by atoms with Crippen LogP contribution in [0.15, 0.2) is 18.2 Å². The molecule has 118 valence electrons. The van der Waals surface area contributed by atoms with Gasteiger partial charge in [-0.3, -0.25) is 0 Å². The zero-order chi connectivity index (χ0) is 15.5. The predicted molar refractivity (Wildman–Crippen MR) is 76.8 cm³/mol. The van der Waals surface area contributed by atoms with Gasteiger partial charge in [-0.25, -0.2) is 0 Å². The summed E-state index contributed by atoms with van der Waals surface area (Å²) < 4.78 is 45.2. The van der Waals surface area contributed by atoms with Crippen molar-refractivity contribution in [2.45, 2.75) is 38.5 Å². The molecule has 1 aliphatic heterocycles. The number of alkyl halides is 3. The van der Waals surface area contributed by atoms with E-state index in [2.05, 4.69) is 5.32 Å². The number of nitrogens with one attached hydrogen (secondary N) is 1. The smallest absolute Gasteiger partial charge is 0.421 e. The summed E-state index contributed by atoms with van der Waals surface area (Å²) in [6, 6.07) is 4.08. The summed E-state index contributed by atoms with van der Waals surface area (Å²) in [5.74, 6) is 0.0744. The third-order valence-electron chi connectivity index (χ3n) is 3.73. The lowest BCUT2D eigenvalue weighted by atomic mass is 9.97. The summed E-state index contributed by atoms with van der Waals surface area (Å²) >= 11 is 5.72. The molecule has 2 rings (SSSR count). The fourth-order valence-electron chi connectivity index (χ4n) is 2.71. The molecule has 2 atom stereocenters. The van der Waals surface area contributed by atoms with Crippen molar-refractivity contribution in [1.82, 2.24) is 5.32 Å². The summed E-state index contributed by atoms with van der Waals surface area (Å²) in [5, 5.41) is 2.91. The molecule has 0 aromatic heterocycles. The molecule has 1 aromatic carbocycles. The molecule has 0 saturated carbocycles. The normalized spacial score (nSPS) is 20.5. The summed E-state index contributed by atoms with van der Waals surface area (Å²) in [4.78, 5) is 0. The van der Waals surface area contributed by atoms with Crippen molar-refractivity contribution < 1.29 is 17.9 Å². The van der Waals surface area contributed by atoms with Gasteiger partial charge in [-0.2, -0.15) is 13.2 Å². The molecule has 0 spiro atoms. The van der Waals surface area contributed by atoms with E-state index in [-0.39, 0.29) is 22.8 Å². The minimum atomic E-state index is -4.52. The lowest BCUT2D eigenvalue weighted by Crippen LogP contribution is -2.29. The Hall–Kier alpha value is -0.940. The molecule has 0 amide bonds. The van der Waals surface area contributed by atoms with E-state index in [1.807, 2.05) is 6.92 Å². The van der Waals surface area contributed by atoms with Crippen LogP contribution in [0.1, 0.15) is 31.7 Å². The average molecular weight is 322 g/mol. The van der Waals surface area contributed by atoms with Gasteiger partial charge in [0.2, 0.25) is 0 Å². The SMILES string of the molecule is CCC[C@@H](Oc1cccc(Cl)c1C(F)(F)F)[C@@H]1CCNC1. The van der Waals surface area contributed by atoms with Crippen LogP contribution in [-0.2, 0) is 6.18 Å². The molecule has 0 bridgehead atoms. The van der Waals surface area contributed by atoms with E-state index >= 15 is 0 Å². The predicted octanol–water partition coefficient (Wildman–Crippen LogP) is 4.52. The zero-order valence-electron chi connectivity index (χ0n) is 11.8. The van der Waals surface area contributed by atoms with Crippen molar-refractivity contribution in [3.8, 4) is 5.75 Å². The van der Waals surface area contributed by atoms with Gasteiger partial charge in [-0.1, -0.05) is 31.0 Å². The molecule has 1 N–H and O–H groups in total. The zero-order valence-corrected chi connectivity index (χ0v) is 12.6. The molecular weight excluding hydrogens is 303 g/mol. The molecular formula is C15H19ClF3NO. The van der Waals surface area contributed by atoms with Crippen molar-refractivity contribution in [1.29, 1.82) is 0 Å². The Kier molecular flexibility index (Phi) is 5.38. The molecule has 0 unspecified atom stereocenters. The van der Waals surface area contributed by atoms with E-state index < -0.39 is 11.7 Å². The van der Waals surface area contributed by atoms with Crippen LogP contribution in [0.2, 0.25) is 5.02 Å². The molecule has 1 fully saturated rings. The quantitative estimate of drug-likeness (QED) is 0.861. The molecule has 0 aliphatic carbocycles. The Morgan fingerprint density at radius 3 is 2.76 bits per heavy atom. The van der Waals surface area contributed by atoms with Crippen LogP contribution in [-0.4, -0.2) is 19.2 Å². The van der Waals surface area contributed by atoms with Gasteiger partial charge in [0.1, 0.15) is 17.4 Å². The van der Waals surface area contributed by atoms with Gasteiger partial charge >= 0.3 is 6.18 Å². The van der Waals surface area contributed by atoms with Crippen molar-refractivity contribution in [3.63, 3.8) is 0 Å². The molecule has 1 heterocycles. The highest BCUT2D eigenvalue weighted by Gasteiger charge is 2.38. The number of ether oxygens (including phenoxy) is 1. The minimum absolute atomic E-state index is 0.166. The van der Waals surface area contributed by atoms with Crippen LogP contribution in [0.4, 0.5) is 13.2 Å². The maximum absolute atomic E-state index is 13.1. The Morgan fingerprint density at radius 1 is 1.43 bits per heavy atom. The van der Waals surface area contributed by atoms with Crippen molar-refractivity contribution >= 4 is 11.6 Å². The van der Waals surface area contributed by atoms with Gasteiger partial charge in [-0.05, 0) is 31.5 Å². The molecule has 1 aromatic rings. The standard InChI is InChI=1S/C15H19ClF3NO/c1-2-4-12(10-7-8-20-9-10)21-13-6-3-5-11(16)14(13)15(17,18)19/h3,5-6,10,12,20H,2,4,7-9H2,1H3/t10-,12-/m1/s1. The highest BCUT2D eigenvalue weighted by atomic mass is 35.5. The molecule has 1 saturated heterocycles. The van der Waals surface area contributed by atoms with E-state index in [1.54, 1.807) is 0 Å². The summed E-state index contributed by atoms with van der Waals surface area (Å²) in [7, 11) is 0. The van der Waals surface area contributed by atoms with E-state index in [1.165, 1.54) is 18.2 Å². The highest BCUT2D eigenvalue weighted by molar-refractivity contribution is 6.31. The van der Waals surface area contributed by atoms with Crippen molar-refractivity contribution in [2.75, 3.05) is 13.1 Å². The summed E-state index contributed by atoms with van der Waals surface area (Å²) in [5.41, 5.74) is -0.876. The molecule has 21 heavy (non-hydrogen) atoms. The number of halogens is 4. The first kappa shape index (κ1) is 16.4. The second-order valence-electron chi connectivity index (χ2n) is 5.31. The Labute approximate surface area is 127 Å². The van der Waals surface area contributed by atoms with Gasteiger partial charge in [0, 0.05) is 12.5 Å². The fraction of sp³-hybridized carbons (Fsp3) is 0.600. The van der Waals surface area contributed by atoms with E-state index in [0.29, 0.717) is 0 Å². The van der Waals surface area contributed by atoms with Crippen molar-refractivity contribution in [3.05, 3.63) is 28.8 Å². The van der Waals surface area contributed by atoms with Gasteiger partial charge in [0.25, 0.3) is 0 Å². The fourth-order valence-corrected chi connectivity index (χ4v) is 2.98. The number of benzene rings is 1. The van der Waals surface area contributed by atoms with Gasteiger partial charge in [0.05, 0.1) is 5.02 Å². The van der Waals surface area contributed by atoms with Crippen LogP contribution in [0, 0.1) is 5.92 Å². The van der Waals surface area contributed by atoms with Crippen LogP contribution in [0.5, 0.6) is 5.75 Å². The number of rotatable bonds is 5. The lowest BCUT2D eigenvalue weighted by Gasteiger charge is -2.26. The highest BCUT2D eigenvalue weighted by Crippen LogP contribution is 2.41. The molecule has 0 radical (unpaired) electrons. The van der Waals surface area contributed by atoms with Crippen molar-refractivity contribution in [2.24, 2.45) is 5.92 Å². The minimum Gasteiger partial charge on any atom is -0.489 e. The molecule has 6 heteroatoms. The number of hydrogen-bond acceptors (Lipinski definition) is 2. The Morgan fingerprint density at radius 2 is 2.19 bits per heavy atom. The van der Waals surface area contributed by atoms with Gasteiger partial charge in [-0.15, -0.1) is 0 Å². The first-order valence-electron chi connectivity index (χ1n) is 7.16. The van der Waals surface area contributed by atoms with E-state index in [4.69, 9.17) is 16.3 Å². The Bertz CT molecular complexity index is 472. The second-order valence-corrected chi connectivity index (χ2v) is 5.72.